The summed E-state index contributed by atoms with van der Waals surface area (Å²) in [6.07, 6.45) is 16.1. The first-order chi connectivity index (χ1) is 39.0. The Morgan fingerprint density at radius 2 is 0.963 bits per heavy atom. The van der Waals surface area contributed by atoms with Crippen molar-refractivity contribution in [3.8, 4) is 23.4 Å². The third kappa shape index (κ3) is 12.8. The van der Waals surface area contributed by atoms with Crippen molar-refractivity contribution < 1.29 is 35.9 Å². The van der Waals surface area contributed by atoms with Crippen molar-refractivity contribution in [1.29, 1.82) is 0 Å². The predicted octanol–water partition coefficient (Wildman–Crippen LogP) is 8.32. The number of amides is 2. The van der Waals surface area contributed by atoms with Gasteiger partial charge < -0.3 is 29.9 Å². The van der Waals surface area contributed by atoms with E-state index in [1.54, 1.807) is 82.4 Å². The lowest BCUT2D eigenvalue weighted by atomic mass is 9.93. The van der Waals surface area contributed by atoms with E-state index in [0.29, 0.717) is 109 Å². The highest BCUT2D eigenvalue weighted by Crippen LogP contribution is 2.49. The Bertz CT molecular complexity index is 3360. The van der Waals surface area contributed by atoms with Gasteiger partial charge in [-0.25, -0.2) is 38.7 Å². The van der Waals surface area contributed by atoms with Crippen molar-refractivity contribution in [2.45, 2.75) is 140 Å². The molecule has 2 saturated carbocycles. The Morgan fingerprint density at radius 3 is 1.37 bits per heavy atom. The van der Waals surface area contributed by atoms with Gasteiger partial charge >= 0.3 is 0 Å². The van der Waals surface area contributed by atoms with Gasteiger partial charge in [0.1, 0.15) is 23.3 Å². The van der Waals surface area contributed by atoms with E-state index < -0.39 is 31.9 Å². The van der Waals surface area contributed by atoms with Crippen LogP contribution in [-0.2, 0) is 20.0 Å². The Morgan fingerprint density at radius 1 is 0.549 bits per heavy atom. The van der Waals surface area contributed by atoms with Gasteiger partial charge in [-0.15, -0.1) is 10.2 Å². The lowest BCUT2D eigenvalue weighted by Gasteiger charge is -2.34. The van der Waals surface area contributed by atoms with Crippen LogP contribution in [0, 0.1) is 22.7 Å². The van der Waals surface area contributed by atoms with Crippen LogP contribution in [0.2, 0.25) is 0 Å². The number of rotatable bonds is 10. The van der Waals surface area contributed by atoms with Crippen LogP contribution in [0.25, 0.3) is 11.6 Å². The van der Waals surface area contributed by atoms with Crippen molar-refractivity contribution in [3.05, 3.63) is 96.3 Å². The number of fused-ring (bicyclic) bond motifs is 12. The zero-order valence-electron chi connectivity index (χ0n) is 47.5. The summed E-state index contributed by atoms with van der Waals surface area (Å²) >= 11 is 0. The SMILES string of the molecule is CC1(CCOc2ccn(-c3ccc4c(n3)N3C[C@@H](CCCNc5cccc(n5)S(=O)(=O)NC4=O)CC3(C)C)n2)CC1.CC1(CCOc2ccn(-c3ccc4c(n3)N3C[C@H](CCCNc5cccc(n5)S(=O)(=O)NC4=O)CC3(C)C)n2)CC1. The van der Waals surface area contributed by atoms with Crippen molar-refractivity contribution in [1.82, 2.24) is 48.9 Å². The summed E-state index contributed by atoms with van der Waals surface area (Å²) in [7, 11) is -8.44. The molecule has 82 heavy (non-hydrogen) atoms. The first kappa shape index (κ1) is 56.5. The maximum atomic E-state index is 13.6. The molecule has 0 spiro atoms. The van der Waals surface area contributed by atoms with Gasteiger partial charge in [0.05, 0.1) is 24.3 Å². The molecule has 0 aromatic carbocycles. The summed E-state index contributed by atoms with van der Waals surface area (Å²) in [5.41, 5.74) is 0.566. The number of pyridine rings is 4. The first-order valence-electron chi connectivity index (χ1n) is 28.5. The van der Waals surface area contributed by atoms with E-state index in [9.17, 15) is 26.4 Å². The monoisotopic (exact) mass is 1160 g/mol. The molecular formula is C58H74N14O8S2. The Kier molecular flexibility index (Phi) is 15.2. The fraction of sp³-hybridized carbons (Fsp3) is 0.517. The molecule has 0 unspecified atom stereocenters. The molecule has 2 saturated heterocycles. The van der Waals surface area contributed by atoms with Crippen LogP contribution < -0.4 is 39.4 Å². The summed E-state index contributed by atoms with van der Waals surface area (Å²) in [5, 5.41) is 15.1. The maximum absolute atomic E-state index is 13.6. The van der Waals surface area contributed by atoms with Crippen LogP contribution >= 0.6 is 0 Å². The largest absolute Gasteiger partial charge is 0.477 e. The van der Waals surface area contributed by atoms with E-state index in [-0.39, 0.29) is 32.3 Å². The van der Waals surface area contributed by atoms with Crippen LogP contribution in [0.4, 0.5) is 23.3 Å². The summed E-state index contributed by atoms with van der Waals surface area (Å²) in [6, 6.07) is 19.6. The highest BCUT2D eigenvalue weighted by Gasteiger charge is 2.43. The van der Waals surface area contributed by atoms with Crippen LogP contribution in [0.1, 0.15) is 139 Å². The van der Waals surface area contributed by atoms with E-state index >= 15 is 0 Å². The van der Waals surface area contributed by atoms with Gasteiger partial charge in [0.2, 0.25) is 11.8 Å². The molecule has 6 aliphatic rings. The van der Waals surface area contributed by atoms with E-state index in [1.807, 2.05) is 0 Å². The minimum atomic E-state index is -4.22. The lowest BCUT2D eigenvalue weighted by Crippen LogP contribution is -2.41. The second-order valence-corrected chi connectivity index (χ2v) is 28.1. The molecule has 24 heteroatoms. The van der Waals surface area contributed by atoms with E-state index in [0.717, 1.165) is 51.4 Å². The summed E-state index contributed by atoms with van der Waals surface area (Å²) in [4.78, 5) is 49.6. The van der Waals surface area contributed by atoms with Gasteiger partial charge in [-0.05, 0) is 176 Å². The van der Waals surface area contributed by atoms with Crippen LogP contribution in [0.5, 0.6) is 11.8 Å². The number of nitrogens with zero attached hydrogens (tertiary/aromatic N) is 10. The van der Waals surface area contributed by atoms with E-state index in [1.165, 1.54) is 37.8 Å². The minimum absolute atomic E-state index is 0.177. The topological polar surface area (TPSA) is 263 Å². The van der Waals surface area contributed by atoms with E-state index in [2.05, 4.69) is 91.6 Å². The van der Waals surface area contributed by atoms with Crippen molar-refractivity contribution in [3.63, 3.8) is 0 Å². The third-order valence-electron chi connectivity index (χ3n) is 17.0. The average molecular weight is 1160 g/mol. The van der Waals surface area contributed by atoms with E-state index in [4.69, 9.17) is 19.4 Å². The number of anilines is 4. The molecule has 4 fully saturated rings. The number of aromatic nitrogens is 8. The second kappa shape index (κ2) is 22.1. The van der Waals surface area contributed by atoms with Crippen molar-refractivity contribution in [2.24, 2.45) is 22.7 Å². The van der Waals surface area contributed by atoms with Gasteiger partial charge in [0.25, 0.3) is 31.9 Å². The molecule has 2 amide bonds. The molecule has 4 N–H and O–H groups in total. The molecular weight excluding hydrogens is 1080 g/mol. The average Bonchev–Trinajstić information content (AvgIpc) is 3.38. The van der Waals surface area contributed by atoms with Crippen LogP contribution in [0.3, 0.4) is 0 Å². The van der Waals surface area contributed by atoms with Gasteiger partial charge in [-0.1, -0.05) is 26.0 Å². The van der Waals surface area contributed by atoms with Gasteiger partial charge in [-0.3, -0.25) is 9.59 Å². The highest BCUT2D eigenvalue weighted by molar-refractivity contribution is 7.90. The molecule has 2 aliphatic carbocycles. The van der Waals surface area contributed by atoms with Gasteiger partial charge in [0.15, 0.2) is 21.7 Å². The molecule has 8 bridgehead atoms. The molecule has 22 nitrogen and oxygen atoms in total. The number of hydrogen-bond acceptors (Lipinski definition) is 18. The molecule has 4 aliphatic heterocycles. The Balaban J connectivity index is 0.000000172. The fourth-order valence-corrected chi connectivity index (χ4v) is 13.4. The molecule has 12 rings (SSSR count). The second-order valence-electron chi connectivity index (χ2n) is 24.8. The standard InChI is InChI=1S/2C29H37N7O4S/c2*1-28(2)18-20-6-5-15-30-22-7-4-8-25(31-22)41(38,39)34-27(37)21-9-10-23(32-26(21)35(28)19-20)36-16-11-24(33-36)40-17-14-29(3)12-13-29/h2*4,7-11,16,20H,5-6,12-15,17-19H2,1-3H3,(H,30,31)(H,34,37)/t2*20-/m10/s1. The molecule has 2 atom stereocenters. The number of carbonyl (C=O) groups excluding carboxylic acids is 2. The number of ether oxygens (including phenoxy) is 2. The lowest BCUT2D eigenvalue weighted by molar-refractivity contribution is 0.0972. The van der Waals surface area contributed by atoms with Crippen molar-refractivity contribution >= 4 is 55.1 Å². The smallest absolute Gasteiger partial charge is 0.281 e. The molecule has 436 valence electrons. The first-order valence-corrected chi connectivity index (χ1v) is 31.5. The zero-order valence-corrected chi connectivity index (χ0v) is 49.2. The summed E-state index contributed by atoms with van der Waals surface area (Å²) in [6.45, 7) is 17.0. The highest BCUT2D eigenvalue weighted by atomic mass is 32.2. The van der Waals surface area contributed by atoms with Gasteiger partial charge in [0, 0.05) is 61.8 Å². The summed E-state index contributed by atoms with van der Waals surface area (Å²) in [5.74, 6) is 3.09. The maximum Gasteiger partial charge on any atom is 0.281 e. The number of carbonyl (C=O) groups is 2. The molecule has 0 radical (unpaired) electrons. The predicted molar refractivity (Wildman–Crippen MR) is 310 cm³/mol. The quantitative estimate of drug-likeness (QED) is 0.100. The van der Waals surface area contributed by atoms with Crippen LogP contribution in [0.15, 0.2) is 95.2 Å². The Labute approximate surface area is 479 Å². The normalized spacial score (nSPS) is 22.5. The number of sulfonamides is 2. The summed E-state index contributed by atoms with van der Waals surface area (Å²) < 4.78 is 72.1. The number of hydrogen-bond donors (Lipinski definition) is 4. The molecule has 6 aromatic heterocycles. The van der Waals surface area contributed by atoms with Crippen LogP contribution in [-0.4, -0.2) is 119 Å². The fourth-order valence-electron chi connectivity index (χ4n) is 11.6. The van der Waals surface area contributed by atoms with Gasteiger partial charge in [-0.2, -0.15) is 16.8 Å². The Hall–Kier alpha value is -7.34. The third-order valence-corrected chi connectivity index (χ3v) is 19.5. The molecule has 10 heterocycles. The molecule has 6 aromatic rings. The zero-order chi connectivity index (χ0) is 57.7. The number of nitrogens with one attached hydrogen (secondary N) is 4. The minimum Gasteiger partial charge on any atom is -0.477 e. The van der Waals surface area contributed by atoms with Crippen molar-refractivity contribution in [2.75, 3.05) is 59.8 Å².